The van der Waals surface area contributed by atoms with Gasteiger partial charge in [-0.05, 0) is 55.5 Å². The van der Waals surface area contributed by atoms with Crippen LogP contribution >= 0.6 is 0 Å². The Bertz CT molecular complexity index is 923. The Kier molecular flexibility index (Phi) is 3.50. The summed E-state index contributed by atoms with van der Waals surface area (Å²) in [6.07, 6.45) is 0. The van der Waals surface area contributed by atoms with Crippen molar-refractivity contribution < 1.29 is 0 Å². The largest absolute Gasteiger partial charge is 0.232 e. The van der Waals surface area contributed by atoms with Crippen LogP contribution in [0.3, 0.4) is 0 Å². The molecule has 0 unspecified atom stereocenters. The zero-order chi connectivity index (χ0) is 16.5. The minimum Gasteiger partial charge on any atom is -0.232 e. The van der Waals surface area contributed by atoms with E-state index in [1.54, 1.807) is 0 Å². The van der Waals surface area contributed by atoms with Gasteiger partial charge >= 0.3 is 0 Å². The van der Waals surface area contributed by atoms with E-state index in [0.29, 0.717) is 0 Å². The first kappa shape index (κ1) is 14.5. The Labute approximate surface area is 140 Å². The van der Waals surface area contributed by atoms with Gasteiger partial charge in [0.1, 0.15) is 11.0 Å². The summed E-state index contributed by atoms with van der Waals surface area (Å²) in [5.74, 6) is 0. The van der Waals surface area contributed by atoms with Gasteiger partial charge in [0.2, 0.25) is 0 Å². The Hall–Kier alpha value is -3.14. The van der Waals surface area contributed by atoms with Crippen LogP contribution in [-0.2, 0) is 0 Å². The second kappa shape index (κ2) is 5.81. The van der Waals surface area contributed by atoms with Crippen LogP contribution in [0.4, 0.5) is 11.4 Å². The fraction of sp³-hybridized carbons (Fsp3) is 0.100. The topological polar surface area (TPSA) is 34.0 Å². The average molecular weight is 314 g/mol. The van der Waals surface area contributed by atoms with E-state index in [9.17, 15) is 0 Å². The predicted octanol–water partition coefficient (Wildman–Crippen LogP) is 4.65. The number of fused-ring (bicyclic) bond motifs is 1. The summed E-state index contributed by atoms with van der Waals surface area (Å²) in [7, 11) is 0. The molecule has 118 valence electrons. The molecule has 4 nitrogen and oxygen atoms in total. The number of benzene rings is 3. The predicted molar refractivity (Wildman–Crippen MR) is 97.4 cm³/mol. The van der Waals surface area contributed by atoms with Crippen LogP contribution in [0.2, 0.25) is 0 Å². The maximum Gasteiger partial charge on any atom is 0.115 e. The van der Waals surface area contributed by atoms with E-state index >= 15 is 0 Å². The molecule has 0 aliphatic heterocycles. The van der Waals surface area contributed by atoms with Gasteiger partial charge in [-0.15, -0.1) is 9.89 Å². The Morgan fingerprint density at radius 1 is 0.708 bits per heavy atom. The van der Waals surface area contributed by atoms with E-state index in [2.05, 4.69) is 77.7 Å². The molecule has 1 aromatic heterocycles. The highest BCUT2D eigenvalue weighted by Gasteiger charge is 2.15. The monoisotopic (exact) mass is 314 g/mol. The number of aryl methyl sites for hydroxylation is 2. The molecule has 3 aromatic carbocycles. The van der Waals surface area contributed by atoms with Gasteiger partial charge in [0.05, 0.1) is 11.4 Å². The zero-order valence-corrected chi connectivity index (χ0v) is 13.7. The van der Waals surface area contributed by atoms with Crippen molar-refractivity contribution in [3.05, 3.63) is 83.9 Å². The SMILES string of the molecule is Cc1ccc(N(c2ccc(C)cc2)n2nnc3ccccc32)cc1. The molecule has 0 fully saturated rings. The van der Waals surface area contributed by atoms with Crippen molar-refractivity contribution in [2.45, 2.75) is 13.8 Å². The van der Waals surface area contributed by atoms with Crippen molar-refractivity contribution in [1.29, 1.82) is 0 Å². The Morgan fingerprint density at radius 2 is 1.25 bits per heavy atom. The molecule has 0 atom stereocenters. The minimum atomic E-state index is 0.877. The highest BCUT2D eigenvalue weighted by Crippen LogP contribution is 2.28. The Morgan fingerprint density at radius 3 is 1.83 bits per heavy atom. The van der Waals surface area contributed by atoms with E-state index in [1.165, 1.54) is 11.1 Å². The third-order valence-electron chi connectivity index (χ3n) is 4.08. The second-order valence-electron chi connectivity index (χ2n) is 5.95. The molecule has 0 bridgehead atoms. The number of nitrogens with zero attached hydrogens (tertiary/aromatic N) is 4. The van der Waals surface area contributed by atoms with Gasteiger partial charge in [-0.1, -0.05) is 47.5 Å². The zero-order valence-electron chi connectivity index (χ0n) is 13.7. The molecule has 0 amide bonds. The normalized spacial score (nSPS) is 10.9. The molecule has 4 rings (SSSR count). The third kappa shape index (κ3) is 2.52. The summed E-state index contributed by atoms with van der Waals surface area (Å²) < 4.78 is 0. The van der Waals surface area contributed by atoms with Crippen molar-refractivity contribution >= 4 is 22.4 Å². The van der Waals surface area contributed by atoms with Gasteiger partial charge in [-0.3, -0.25) is 0 Å². The molecule has 0 radical (unpaired) electrons. The van der Waals surface area contributed by atoms with Crippen LogP contribution in [0.1, 0.15) is 11.1 Å². The van der Waals surface area contributed by atoms with Crippen LogP contribution in [0, 0.1) is 13.8 Å². The molecule has 0 N–H and O–H groups in total. The lowest BCUT2D eigenvalue weighted by atomic mass is 10.2. The molecule has 0 aliphatic rings. The van der Waals surface area contributed by atoms with Crippen LogP contribution in [0.25, 0.3) is 11.0 Å². The van der Waals surface area contributed by atoms with Gasteiger partial charge < -0.3 is 0 Å². The average Bonchev–Trinajstić information content (AvgIpc) is 3.03. The first-order chi connectivity index (χ1) is 11.7. The van der Waals surface area contributed by atoms with Crippen molar-refractivity contribution in [2.75, 3.05) is 5.01 Å². The van der Waals surface area contributed by atoms with Crippen molar-refractivity contribution in [3.8, 4) is 0 Å². The Balaban J connectivity index is 1.93. The first-order valence-electron chi connectivity index (χ1n) is 7.96. The van der Waals surface area contributed by atoms with Gasteiger partial charge in [0.15, 0.2) is 0 Å². The fourth-order valence-corrected chi connectivity index (χ4v) is 2.74. The number of anilines is 2. The lowest BCUT2D eigenvalue weighted by Crippen LogP contribution is -2.25. The number of para-hydroxylation sites is 1. The summed E-state index contributed by atoms with van der Waals surface area (Å²) in [4.78, 5) is 1.85. The van der Waals surface area contributed by atoms with E-state index in [0.717, 1.165) is 22.4 Å². The highest BCUT2D eigenvalue weighted by atomic mass is 15.7. The van der Waals surface area contributed by atoms with Crippen molar-refractivity contribution in [3.63, 3.8) is 0 Å². The van der Waals surface area contributed by atoms with E-state index in [-0.39, 0.29) is 0 Å². The van der Waals surface area contributed by atoms with Gasteiger partial charge in [0, 0.05) is 0 Å². The molecular weight excluding hydrogens is 296 g/mol. The van der Waals surface area contributed by atoms with E-state index in [1.807, 2.05) is 29.1 Å². The van der Waals surface area contributed by atoms with E-state index < -0.39 is 0 Å². The maximum atomic E-state index is 4.39. The summed E-state index contributed by atoms with van der Waals surface area (Å²) in [6, 6.07) is 24.8. The number of rotatable bonds is 3. The third-order valence-corrected chi connectivity index (χ3v) is 4.08. The van der Waals surface area contributed by atoms with Crippen LogP contribution in [-0.4, -0.2) is 15.1 Å². The van der Waals surface area contributed by atoms with Gasteiger partial charge in [0.25, 0.3) is 0 Å². The van der Waals surface area contributed by atoms with Crippen LogP contribution < -0.4 is 5.01 Å². The minimum absolute atomic E-state index is 0.877. The van der Waals surface area contributed by atoms with Crippen molar-refractivity contribution in [2.24, 2.45) is 0 Å². The number of hydrogen-bond acceptors (Lipinski definition) is 3. The first-order valence-corrected chi connectivity index (χ1v) is 7.96. The summed E-state index contributed by atoms with van der Waals surface area (Å²) >= 11 is 0. The van der Waals surface area contributed by atoms with Gasteiger partial charge in [-0.2, -0.15) is 0 Å². The summed E-state index contributed by atoms with van der Waals surface area (Å²) in [5.41, 5.74) is 6.39. The molecule has 0 spiro atoms. The molecule has 0 saturated heterocycles. The molecule has 4 heteroatoms. The highest BCUT2D eigenvalue weighted by molar-refractivity contribution is 5.77. The molecule has 0 aliphatic carbocycles. The molecule has 0 saturated carbocycles. The van der Waals surface area contributed by atoms with Crippen LogP contribution in [0.15, 0.2) is 72.8 Å². The smallest absolute Gasteiger partial charge is 0.115 e. The van der Waals surface area contributed by atoms with Crippen molar-refractivity contribution in [1.82, 2.24) is 15.1 Å². The quantitative estimate of drug-likeness (QED) is 0.552. The summed E-state index contributed by atoms with van der Waals surface area (Å²) in [5, 5.41) is 10.8. The molecule has 4 aromatic rings. The number of aromatic nitrogens is 3. The fourth-order valence-electron chi connectivity index (χ4n) is 2.74. The molecular formula is C20H18N4. The number of hydrogen-bond donors (Lipinski definition) is 0. The molecule has 1 heterocycles. The lowest BCUT2D eigenvalue weighted by molar-refractivity contribution is 0.683. The second-order valence-corrected chi connectivity index (χ2v) is 5.95. The van der Waals surface area contributed by atoms with Crippen LogP contribution in [0.5, 0.6) is 0 Å². The molecule has 24 heavy (non-hydrogen) atoms. The maximum absolute atomic E-state index is 4.39. The lowest BCUT2D eigenvalue weighted by Gasteiger charge is -2.25. The van der Waals surface area contributed by atoms with Gasteiger partial charge in [-0.25, -0.2) is 5.01 Å². The standard InChI is InChI=1S/C20H18N4/c1-15-7-11-17(12-8-15)23(18-13-9-16(2)10-14-18)24-20-6-4-3-5-19(20)21-22-24/h3-14H,1-2H3. The summed E-state index contributed by atoms with van der Waals surface area (Å²) in [6.45, 7) is 4.18. The van der Waals surface area contributed by atoms with E-state index in [4.69, 9.17) is 0 Å².